The largest absolute Gasteiger partial charge is 0.386 e. The lowest BCUT2D eigenvalue weighted by molar-refractivity contribution is -0.132. The number of thiocarbonyl (C=S) groups is 1. The van der Waals surface area contributed by atoms with Crippen LogP contribution < -0.4 is 11.5 Å². The van der Waals surface area contributed by atoms with Crippen LogP contribution >= 0.6 is 23.8 Å². The molecule has 8 heteroatoms. The van der Waals surface area contributed by atoms with Crippen molar-refractivity contribution in [3.05, 3.63) is 70.7 Å². The second-order valence-corrected chi connectivity index (χ2v) is 6.58. The Morgan fingerprint density at radius 3 is 2.30 bits per heavy atom. The number of carbonyl (C=O) groups is 2. The first kappa shape index (κ1) is 20.5. The minimum absolute atomic E-state index is 0.0979. The zero-order chi connectivity index (χ0) is 19.8. The lowest BCUT2D eigenvalue weighted by Gasteiger charge is -2.23. The predicted molar refractivity (Wildman–Crippen MR) is 110 cm³/mol. The summed E-state index contributed by atoms with van der Waals surface area (Å²) in [5.41, 5.74) is 13.2. The molecule has 140 valence electrons. The molecule has 0 aliphatic carbocycles. The third kappa shape index (κ3) is 5.87. The Morgan fingerprint density at radius 2 is 1.74 bits per heavy atom. The minimum atomic E-state index is -1.26. The van der Waals surface area contributed by atoms with Gasteiger partial charge in [-0.2, -0.15) is 0 Å². The van der Waals surface area contributed by atoms with Crippen molar-refractivity contribution in [1.29, 1.82) is 0 Å². The number of nitrogens with two attached hydrogens (primary N) is 2. The van der Waals surface area contributed by atoms with Gasteiger partial charge in [0, 0.05) is 5.02 Å². The van der Waals surface area contributed by atoms with E-state index in [4.69, 9.17) is 35.3 Å². The summed E-state index contributed by atoms with van der Waals surface area (Å²) >= 11 is 10.8. The summed E-state index contributed by atoms with van der Waals surface area (Å²) < 4.78 is 0. The maximum atomic E-state index is 12.8. The number of hydrogen-bond donors (Lipinski definition) is 2. The van der Waals surface area contributed by atoms with Crippen LogP contribution in [0.4, 0.5) is 0 Å². The van der Waals surface area contributed by atoms with E-state index in [0.717, 1.165) is 16.0 Å². The molecule has 2 aromatic rings. The van der Waals surface area contributed by atoms with Crippen LogP contribution in [-0.4, -0.2) is 28.0 Å². The van der Waals surface area contributed by atoms with E-state index in [2.05, 4.69) is 4.99 Å². The fraction of sp³-hybridized carbons (Fsp3) is 0.158. The lowest BCUT2D eigenvalue weighted by atomic mass is 10.1. The highest BCUT2D eigenvalue weighted by Gasteiger charge is 2.29. The Morgan fingerprint density at radius 1 is 1.11 bits per heavy atom. The Hall–Kier alpha value is -2.77. The van der Waals surface area contributed by atoms with E-state index in [9.17, 15) is 9.59 Å². The highest BCUT2D eigenvalue weighted by Crippen LogP contribution is 2.12. The predicted octanol–water partition coefficient (Wildman–Crippen LogP) is 2.28. The van der Waals surface area contributed by atoms with Gasteiger partial charge in [0.15, 0.2) is 11.0 Å². The average molecular weight is 403 g/mol. The molecule has 1 atom stereocenters. The molecule has 0 aliphatic rings. The van der Waals surface area contributed by atoms with Crippen LogP contribution in [0, 0.1) is 5.92 Å². The van der Waals surface area contributed by atoms with Crippen LogP contribution in [0.1, 0.15) is 11.1 Å². The van der Waals surface area contributed by atoms with E-state index in [1.54, 1.807) is 24.3 Å². The number of halogens is 1. The van der Waals surface area contributed by atoms with Gasteiger partial charge in [-0.1, -0.05) is 54.1 Å². The van der Waals surface area contributed by atoms with Gasteiger partial charge in [-0.25, -0.2) is 0 Å². The fourth-order valence-corrected chi connectivity index (χ4v) is 2.60. The molecule has 4 N–H and O–H groups in total. The van der Waals surface area contributed by atoms with Crippen LogP contribution in [0.2, 0.25) is 5.02 Å². The van der Waals surface area contributed by atoms with Crippen molar-refractivity contribution < 1.29 is 9.59 Å². The highest BCUT2D eigenvalue weighted by molar-refractivity contribution is 7.80. The van der Waals surface area contributed by atoms with Crippen molar-refractivity contribution in [2.75, 3.05) is 0 Å². The quantitative estimate of drug-likeness (QED) is 0.243. The lowest BCUT2D eigenvalue weighted by Crippen LogP contribution is -2.47. The zero-order valence-corrected chi connectivity index (χ0v) is 16.0. The molecule has 0 fully saturated rings. The molecule has 0 saturated carbocycles. The van der Waals surface area contributed by atoms with Gasteiger partial charge in [0.05, 0.1) is 13.1 Å². The van der Waals surface area contributed by atoms with Gasteiger partial charge in [-0.3, -0.25) is 14.7 Å². The second-order valence-electron chi connectivity index (χ2n) is 5.73. The van der Waals surface area contributed by atoms with Gasteiger partial charge < -0.3 is 16.3 Å². The number of benzene rings is 2. The molecule has 0 aromatic heterocycles. The summed E-state index contributed by atoms with van der Waals surface area (Å²) in [5.74, 6) is -1.97. The molecule has 27 heavy (non-hydrogen) atoms. The molecule has 0 aliphatic heterocycles. The summed E-state index contributed by atoms with van der Waals surface area (Å²) in [6, 6.07) is 16.2. The highest BCUT2D eigenvalue weighted by atomic mass is 35.5. The zero-order valence-electron chi connectivity index (χ0n) is 14.4. The standard InChI is InChI=1S/C19H19ClN4O2S/c20-15-8-6-13(7-9-15)10-23-17(21)16(12-25)18(26)24(19(22)27)11-14-4-2-1-3-5-14/h1-9,12,16H,10-11H2,(H2,21,23)(H2,22,27). The van der Waals surface area contributed by atoms with Gasteiger partial charge in [-0.15, -0.1) is 0 Å². The van der Waals surface area contributed by atoms with Crippen molar-refractivity contribution in [2.24, 2.45) is 22.4 Å². The first-order valence-electron chi connectivity index (χ1n) is 8.06. The number of amides is 1. The number of hydrogen-bond acceptors (Lipinski definition) is 4. The Bertz CT molecular complexity index is 841. The summed E-state index contributed by atoms with van der Waals surface area (Å²) in [7, 11) is 0. The monoisotopic (exact) mass is 402 g/mol. The molecule has 0 saturated heterocycles. The molecule has 0 heterocycles. The van der Waals surface area contributed by atoms with E-state index in [0.29, 0.717) is 11.3 Å². The maximum Gasteiger partial charge on any atom is 0.246 e. The van der Waals surface area contributed by atoms with Gasteiger partial charge in [0.1, 0.15) is 12.1 Å². The van der Waals surface area contributed by atoms with Crippen LogP contribution in [-0.2, 0) is 22.7 Å². The molecule has 0 spiro atoms. The van der Waals surface area contributed by atoms with Crippen molar-refractivity contribution in [3.8, 4) is 0 Å². The number of amidine groups is 1. The number of nitrogens with zero attached hydrogens (tertiary/aromatic N) is 2. The van der Waals surface area contributed by atoms with Gasteiger partial charge in [-0.05, 0) is 35.5 Å². The van der Waals surface area contributed by atoms with E-state index in [-0.39, 0.29) is 24.0 Å². The number of aldehydes is 1. The van der Waals surface area contributed by atoms with Crippen molar-refractivity contribution in [2.45, 2.75) is 13.1 Å². The smallest absolute Gasteiger partial charge is 0.246 e. The summed E-state index contributed by atoms with van der Waals surface area (Å²) in [4.78, 5) is 29.6. The summed E-state index contributed by atoms with van der Waals surface area (Å²) in [5, 5.41) is 0.464. The molecular weight excluding hydrogens is 384 g/mol. The molecular formula is C19H19ClN4O2S. The third-order valence-corrected chi connectivity index (χ3v) is 4.27. The van der Waals surface area contributed by atoms with Crippen molar-refractivity contribution in [3.63, 3.8) is 0 Å². The van der Waals surface area contributed by atoms with E-state index in [1.807, 2.05) is 30.3 Å². The van der Waals surface area contributed by atoms with Crippen LogP contribution in [0.5, 0.6) is 0 Å². The molecule has 0 bridgehead atoms. The first-order valence-corrected chi connectivity index (χ1v) is 8.85. The summed E-state index contributed by atoms with van der Waals surface area (Å²) in [6.07, 6.45) is 0.444. The summed E-state index contributed by atoms with van der Waals surface area (Å²) in [6.45, 7) is 0.357. The molecule has 2 aromatic carbocycles. The number of aliphatic imine (C=N–C) groups is 1. The van der Waals surface area contributed by atoms with Gasteiger partial charge >= 0.3 is 0 Å². The van der Waals surface area contributed by atoms with Gasteiger partial charge in [0.2, 0.25) is 5.91 Å². The Kier molecular flexibility index (Phi) is 7.45. The normalized spacial score (nSPS) is 12.3. The van der Waals surface area contributed by atoms with E-state index >= 15 is 0 Å². The molecule has 1 unspecified atom stereocenters. The van der Waals surface area contributed by atoms with Crippen LogP contribution in [0.3, 0.4) is 0 Å². The topological polar surface area (TPSA) is 102 Å². The molecule has 6 nitrogen and oxygen atoms in total. The maximum absolute atomic E-state index is 12.8. The van der Waals surface area contributed by atoms with Crippen LogP contribution in [0.25, 0.3) is 0 Å². The van der Waals surface area contributed by atoms with Crippen LogP contribution in [0.15, 0.2) is 59.6 Å². The average Bonchev–Trinajstić information content (AvgIpc) is 2.66. The fourth-order valence-electron chi connectivity index (χ4n) is 2.32. The van der Waals surface area contributed by atoms with Crippen molar-refractivity contribution in [1.82, 2.24) is 4.90 Å². The Labute approximate surface area is 167 Å². The SMILES string of the molecule is NC(=S)N(Cc1ccccc1)C(=O)C(C=O)C(N)=NCc1ccc(Cl)cc1. The second kappa shape index (κ2) is 9.80. The van der Waals surface area contributed by atoms with Crippen molar-refractivity contribution >= 4 is 47.0 Å². The Balaban J connectivity index is 2.15. The molecule has 1 amide bonds. The first-order chi connectivity index (χ1) is 12.9. The molecule has 2 rings (SSSR count). The number of carbonyl (C=O) groups excluding carboxylic acids is 2. The minimum Gasteiger partial charge on any atom is -0.386 e. The van der Waals surface area contributed by atoms with Gasteiger partial charge in [0.25, 0.3) is 0 Å². The van der Waals surface area contributed by atoms with E-state index < -0.39 is 11.8 Å². The van der Waals surface area contributed by atoms with E-state index in [1.165, 1.54) is 0 Å². The third-order valence-electron chi connectivity index (χ3n) is 3.79. The number of rotatable bonds is 7. The molecule has 0 radical (unpaired) electrons.